The van der Waals surface area contributed by atoms with Gasteiger partial charge in [0.2, 0.25) is 0 Å². The van der Waals surface area contributed by atoms with Crippen molar-refractivity contribution in [3.8, 4) is 0 Å². The summed E-state index contributed by atoms with van der Waals surface area (Å²) < 4.78 is 25.5. The van der Waals surface area contributed by atoms with Gasteiger partial charge in [0, 0.05) is 16.2 Å². The first-order chi connectivity index (χ1) is 11.8. The predicted molar refractivity (Wildman–Crippen MR) is 98.3 cm³/mol. The fourth-order valence-corrected chi connectivity index (χ4v) is 5.14. The molecule has 0 aromatic heterocycles. The van der Waals surface area contributed by atoms with E-state index in [-0.39, 0.29) is 23.8 Å². The van der Waals surface area contributed by atoms with Crippen LogP contribution in [-0.2, 0) is 26.1 Å². The topological polar surface area (TPSA) is 76.0 Å². The van der Waals surface area contributed by atoms with E-state index >= 15 is 0 Å². The summed E-state index contributed by atoms with van der Waals surface area (Å²) in [6.07, 6.45) is 3.08. The van der Waals surface area contributed by atoms with Gasteiger partial charge in [0.15, 0.2) is 15.2 Å². The van der Waals surface area contributed by atoms with Crippen molar-refractivity contribution >= 4 is 37.4 Å². The normalized spacial score (nSPS) is 23.8. The first-order valence-electron chi connectivity index (χ1n) is 7.62. The van der Waals surface area contributed by atoms with Gasteiger partial charge in [0.25, 0.3) is 5.91 Å². The number of benzene rings is 1. The molecule has 1 atom stereocenters. The molecule has 6 nitrogen and oxygen atoms in total. The average molecular weight is 425 g/mol. The number of halogens is 1. The number of carbonyl (C=O) groups is 1. The number of nitrogens with zero attached hydrogens (tertiary/aromatic N) is 2. The van der Waals surface area contributed by atoms with E-state index in [4.69, 9.17) is 4.84 Å². The number of hydrogen-bond donors (Lipinski definition) is 0. The second kappa shape index (κ2) is 6.76. The Morgan fingerprint density at radius 3 is 2.88 bits per heavy atom. The molecule has 1 unspecified atom stereocenters. The maximum absolute atomic E-state index is 12.3. The first-order valence-corrected chi connectivity index (χ1v) is 10.1. The lowest BCUT2D eigenvalue weighted by Gasteiger charge is -2.42. The van der Waals surface area contributed by atoms with Gasteiger partial charge in [-0.05, 0) is 31.6 Å². The number of β-lactam (4-membered cyclic amide) rings is 1. The minimum Gasteiger partial charge on any atom is -0.391 e. The molecule has 25 heavy (non-hydrogen) atoms. The van der Waals surface area contributed by atoms with Crippen molar-refractivity contribution in [1.82, 2.24) is 4.90 Å². The molecule has 1 fully saturated rings. The number of allylic oxidation sites excluding steroid dienone is 1. The molecular formula is C17H17BrN2O4S. The number of carbonyl (C=O) groups excluding carboxylic acids is 1. The molecule has 0 radical (unpaired) electrons. The summed E-state index contributed by atoms with van der Waals surface area (Å²) in [5.74, 6) is -0.346. The van der Waals surface area contributed by atoms with E-state index in [1.54, 1.807) is 20.0 Å². The molecule has 1 saturated heterocycles. The summed E-state index contributed by atoms with van der Waals surface area (Å²) in [7, 11) is -3.40. The van der Waals surface area contributed by atoms with Crippen molar-refractivity contribution in [3.63, 3.8) is 0 Å². The van der Waals surface area contributed by atoms with Crippen molar-refractivity contribution in [2.75, 3.05) is 5.75 Å². The average Bonchev–Trinajstić information content (AvgIpc) is 2.53. The summed E-state index contributed by atoms with van der Waals surface area (Å²) in [6, 6.07) is 7.61. The Labute approximate surface area is 154 Å². The molecule has 2 heterocycles. The van der Waals surface area contributed by atoms with Crippen molar-refractivity contribution in [3.05, 3.63) is 57.7 Å². The molecule has 2 aliphatic rings. The molecule has 0 aliphatic carbocycles. The molecule has 1 aromatic rings. The van der Waals surface area contributed by atoms with E-state index in [9.17, 15) is 13.2 Å². The van der Waals surface area contributed by atoms with Crippen LogP contribution in [0, 0.1) is 0 Å². The Morgan fingerprint density at radius 1 is 1.44 bits per heavy atom. The van der Waals surface area contributed by atoms with Crippen molar-refractivity contribution in [2.24, 2.45) is 5.16 Å². The highest BCUT2D eigenvalue weighted by Crippen LogP contribution is 2.35. The zero-order valence-electron chi connectivity index (χ0n) is 13.8. The van der Waals surface area contributed by atoms with E-state index in [1.165, 1.54) is 11.0 Å². The molecule has 8 heteroatoms. The third-order valence-electron chi connectivity index (χ3n) is 3.88. The number of amides is 1. The van der Waals surface area contributed by atoms with Crippen LogP contribution in [0.25, 0.3) is 0 Å². The summed E-state index contributed by atoms with van der Waals surface area (Å²) in [4.78, 5) is 18.7. The predicted octanol–water partition coefficient (Wildman–Crippen LogP) is 2.77. The number of rotatable bonds is 4. The van der Waals surface area contributed by atoms with Gasteiger partial charge in [0.05, 0.1) is 17.0 Å². The van der Waals surface area contributed by atoms with Gasteiger partial charge in [-0.1, -0.05) is 39.3 Å². The second-order valence-corrected chi connectivity index (χ2v) is 8.96. The van der Waals surface area contributed by atoms with Gasteiger partial charge in [-0.2, -0.15) is 0 Å². The third-order valence-corrected chi connectivity index (χ3v) is 6.67. The van der Waals surface area contributed by atoms with Crippen LogP contribution >= 0.6 is 15.9 Å². The smallest absolute Gasteiger partial charge is 0.258 e. The molecule has 0 bridgehead atoms. The monoisotopic (exact) mass is 424 g/mol. The fraction of sp³-hybridized carbons (Fsp3) is 0.294. The zero-order valence-corrected chi connectivity index (χ0v) is 16.2. The highest BCUT2D eigenvalue weighted by molar-refractivity contribution is 9.10. The molecule has 2 aliphatic heterocycles. The van der Waals surface area contributed by atoms with Gasteiger partial charge in [0.1, 0.15) is 6.61 Å². The Kier molecular flexibility index (Phi) is 4.83. The summed E-state index contributed by atoms with van der Waals surface area (Å²) >= 11 is 3.42. The number of hydrogen-bond acceptors (Lipinski definition) is 5. The van der Waals surface area contributed by atoms with Crippen LogP contribution in [-0.4, -0.2) is 36.1 Å². The first kappa shape index (κ1) is 17.9. The van der Waals surface area contributed by atoms with E-state index in [2.05, 4.69) is 21.1 Å². The molecule has 1 amide bonds. The Balaban J connectivity index is 1.72. The van der Waals surface area contributed by atoms with E-state index in [1.807, 2.05) is 24.3 Å². The van der Waals surface area contributed by atoms with Gasteiger partial charge in [-0.15, -0.1) is 0 Å². The standard InChI is InChI=1S/C17H17BrN2O4S/c1-11-8-20-16(21)14(17(20)25(22,23)10-11)7-12(2)19-24-9-13-5-3-4-6-15(13)18/h3-8,17H,9-10H2,1-2H3/b14-7-,19-12+. The molecular weight excluding hydrogens is 408 g/mol. The molecule has 0 spiro atoms. The minimum absolute atomic E-state index is 0.0342. The van der Waals surface area contributed by atoms with Gasteiger partial charge in [-0.3, -0.25) is 9.69 Å². The van der Waals surface area contributed by atoms with Crippen molar-refractivity contribution in [1.29, 1.82) is 0 Å². The molecule has 132 valence electrons. The highest BCUT2D eigenvalue weighted by atomic mass is 79.9. The summed E-state index contributed by atoms with van der Waals surface area (Å²) in [5, 5.41) is 3.05. The summed E-state index contributed by atoms with van der Waals surface area (Å²) in [6.45, 7) is 3.64. The van der Waals surface area contributed by atoms with E-state index in [0.29, 0.717) is 11.3 Å². The Morgan fingerprint density at radius 2 is 2.16 bits per heavy atom. The third kappa shape index (κ3) is 3.55. The molecule has 0 N–H and O–H groups in total. The van der Waals surface area contributed by atoms with Crippen LogP contribution in [0.1, 0.15) is 19.4 Å². The Bertz CT molecular complexity index is 918. The van der Waals surface area contributed by atoms with Crippen LogP contribution in [0.3, 0.4) is 0 Å². The van der Waals surface area contributed by atoms with Crippen LogP contribution in [0.2, 0.25) is 0 Å². The molecule has 1 aromatic carbocycles. The number of oxime groups is 1. The van der Waals surface area contributed by atoms with Gasteiger partial charge < -0.3 is 4.84 Å². The van der Waals surface area contributed by atoms with Crippen LogP contribution in [0.4, 0.5) is 0 Å². The van der Waals surface area contributed by atoms with Crippen molar-refractivity contribution < 1.29 is 18.0 Å². The summed E-state index contributed by atoms with van der Waals surface area (Å²) in [5.41, 5.74) is 2.27. The lowest BCUT2D eigenvalue weighted by atomic mass is 10.0. The van der Waals surface area contributed by atoms with Crippen molar-refractivity contribution in [2.45, 2.75) is 25.8 Å². The number of fused-ring (bicyclic) bond motifs is 1. The largest absolute Gasteiger partial charge is 0.391 e. The lowest BCUT2D eigenvalue weighted by Crippen LogP contribution is -2.58. The zero-order chi connectivity index (χ0) is 18.2. The van der Waals surface area contributed by atoms with E-state index in [0.717, 1.165) is 10.0 Å². The number of sulfone groups is 1. The quantitative estimate of drug-likeness (QED) is 0.322. The second-order valence-electron chi connectivity index (χ2n) is 6.04. The van der Waals surface area contributed by atoms with Crippen LogP contribution < -0.4 is 0 Å². The maximum atomic E-state index is 12.3. The van der Waals surface area contributed by atoms with Crippen LogP contribution in [0.5, 0.6) is 0 Å². The minimum atomic E-state index is -3.40. The van der Waals surface area contributed by atoms with Gasteiger partial charge in [-0.25, -0.2) is 8.42 Å². The van der Waals surface area contributed by atoms with E-state index < -0.39 is 15.2 Å². The molecule has 0 saturated carbocycles. The maximum Gasteiger partial charge on any atom is 0.258 e. The fourth-order valence-electron chi connectivity index (χ4n) is 2.81. The van der Waals surface area contributed by atoms with Crippen LogP contribution in [0.15, 0.2) is 57.3 Å². The van der Waals surface area contributed by atoms with Gasteiger partial charge >= 0.3 is 0 Å². The Hall–Kier alpha value is -1.93. The SMILES string of the molecule is CC1=CN2C(=O)/C(=C/C(C)=N/OCc3ccccc3Br)C2S(=O)(=O)C1. The highest BCUT2D eigenvalue weighted by Gasteiger charge is 2.51. The molecule has 3 rings (SSSR count). The lowest BCUT2D eigenvalue weighted by molar-refractivity contribution is -0.130.